The van der Waals surface area contributed by atoms with E-state index in [4.69, 9.17) is 5.11 Å². The second kappa shape index (κ2) is 2.39. The second-order valence-electron chi connectivity index (χ2n) is 0.954. The number of carbonyl (C=O) groups is 1. The Kier molecular flexibility index (Phi) is 2.47. The highest BCUT2D eigenvalue weighted by Crippen LogP contribution is 1.95. The first-order valence-corrected chi connectivity index (χ1v) is 2.76. The van der Waals surface area contributed by atoms with Crippen molar-refractivity contribution >= 4 is 28.6 Å². The Labute approximate surface area is 49.7 Å². The molecule has 0 spiro atoms. The lowest BCUT2D eigenvalue weighted by Gasteiger charge is -1.87. The Balaban J connectivity index is 3.26. The van der Waals surface area contributed by atoms with E-state index in [1.807, 2.05) is 22.6 Å². The predicted molar refractivity (Wildman–Crippen MR) is 31.1 cm³/mol. The van der Waals surface area contributed by atoms with Gasteiger partial charge in [-0.05, 0) is 6.92 Å². The van der Waals surface area contributed by atoms with E-state index in [9.17, 15) is 4.79 Å². The fourth-order valence-electron chi connectivity index (χ4n) is 0. The van der Waals surface area contributed by atoms with Gasteiger partial charge >= 0.3 is 5.97 Å². The summed E-state index contributed by atoms with van der Waals surface area (Å²) in [6.45, 7) is 1.63. The van der Waals surface area contributed by atoms with Crippen LogP contribution in [0.25, 0.3) is 0 Å². The Bertz CT molecular complexity index is 59.8. The third-order valence-corrected chi connectivity index (χ3v) is 0.873. The fourth-order valence-corrected chi connectivity index (χ4v) is 0. The Morgan fingerprint density at radius 3 is 2.17 bits per heavy atom. The number of halogens is 1. The number of aliphatic carboxylic acids is 1. The van der Waals surface area contributed by atoms with E-state index < -0.39 is 5.97 Å². The lowest BCUT2D eigenvalue weighted by Crippen LogP contribution is -2.05. The van der Waals surface area contributed by atoms with E-state index >= 15 is 0 Å². The molecule has 1 atom stereocenters. The molecule has 0 aliphatic rings. The summed E-state index contributed by atoms with van der Waals surface area (Å²) in [4.78, 5) is 9.69. The van der Waals surface area contributed by atoms with Gasteiger partial charge in [-0.1, -0.05) is 22.6 Å². The normalized spacial score (nSPS) is 13.7. The summed E-state index contributed by atoms with van der Waals surface area (Å²) in [5.74, 6) is -0.754. The van der Waals surface area contributed by atoms with Crippen LogP contribution in [0.3, 0.4) is 0 Å². The zero-order chi connectivity index (χ0) is 5.15. The summed E-state index contributed by atoms with van der Waals surface area (Å²) in [6.07, 6.45) is 0. The van der Waals surface area contributed by atoms with Crippen LogP contribution in [0.4, 0.5) is 0 Å². The largest absolute Gasteiger partial charge is 0.480 e. The molecule has 0 aromatic rings. The Morgan fingerprint density at radius 2 is 2.17 bits per heavy atom. The lowest BCUT2D eigenvalue weighted by atomic mass is 10.5. The summed E-state index contributed by atoms with van der Waals surface area (Å²) < 4.78 is -0.261. The molecule has 3 heteroatoms. The first-order chi connectivity index (χ1) is 2.64. The highest BCUT2D eigenvalue weighted by atomic mass is 127. The second-order valence-corrected chi connectivity index (χ2v) is 2.82. The molecular weight excluding hydrogens is 195 g/mol. The minimum absolute atomic E-state index is 0.261. The molecule has 0 unspecified atom stereocenters. The molecule has 0 saturated carbocycles. The van der Waals surface area contributed by atoms with Gasteiger partial charge < -0.3 is 5.11 Å². The van der Waals surface area contributed by atoms with E-state index in [0.29, 0.717) is 0 Å². The van der Waals surface area contributed by atoms with Gasteiger partial charge in [-0.25, -0.2) is 0 Å². The first kappa shape index (κ1) is 6.20. The van der Waals surface area contributed by atoms with E-state index in [0.717, 1.165) is 0 Å². The summed E-state index contributed by atoms with van der Waals surface area (Å²) in [5.41, 5.74) is 0. The first-order valence-electron chi connectivity index (χ1n) is 1.51. The highest BCUT2D eigenvalue weighted by molar-refractivity contribution is 14.1. The van der Waals surface area contributed by atoms with Crippen LogP contribution in [0.2, 0.25) is 0 Å². The van der Waals surface area contributed by atoms with Crippen molar-refractivity contribution in [3.8, 4) is 0 Å². The molecule has 0 fully saturated rings. The Hall–Kier alpha value is 0.200. The molecule has 0 aliphatic carbocycles. The maximum atomic E-state index is 9.69. The van der Waals surface area contributed by atoms with Gasteiger partial charge in [0.25, 0.3) is 0 Å². The minimum Gasteiger partial charge on any atom is -0.480 e. The standard InChI is InChI=1S/C3H5IO2/c1-2(4)3(5)6/h2H,1H3,(H,5,6)/t2-/m1/s1. The van der Waals surface area contributed by atoms with Crippen molar-refractivity contribution in [3.05, 3.63) is 0 Å². The van der Waals surface area contributed by atoms with Gasteiger partial charge in [-0.15, -0.1) is 0 Å². The maximum Gasteiger partial charge on any atom is 0.316 e. The van der Waals surface area contributed by atoms with Gasteiger partial charge in [-0.2, -0.15) is 0 Å². The van der Waals surface area contributed by atoms with Gasteiger partial charge in [0.05, 0.1) is 0 Å². The van der Waals surface area contributed by atoms with Crippen LogP contribution in [-0.2, 0) is 4.79 Å². The van der Waals surface area contributed by atoms with Gasteiger partial charge in [0.15, 0.2) is 0 Å². The molecule has 0 bridgehead atoms. The highest BCUT2D eigenvalue weighted by Gasteiger charge is 2.01. The summed E-state index contributed by atoms with van der Waals surface area (Å²) in [6, 6.07) is 0. The van der Waals surface area contributed by atoms with E-state index in [1.54, 1.807) is 6.92 Å². The molecule has 0 saturated heterocycles. The van der Waals surface area contributed by atoms with Gasteiger partial charge in [0.1, 0.15) is 3.92 Å². The molecule has 0 heterocycles. The van der Waals surface area contributed by atoms with Crippen molar-refractivity contribution in [1.82, 2.24) is 0 Å². The summed E-state index contributed by atoms with van der Waals surface area (Å²) in [7, 11) is 0. The topological polar surface area (TPSA) is 37.3 Å². The molecule has 0 aromatic carbocycles. The number of carboxylic acid groups (broad SMARTS) is 1. The van der Waals surface area contributed by atoms with Crippen LogP contribution < -0.4 is 0 Å². The van der Waals surface area contributed by atoms with E-state index in [-0.39, 0.29) is 3.92 Å². The van der Waals surface area contributed by atoms with Crippen molar-refractivity contribution in [2.24, 2.45) is 0 Å². The van der Waals surface area contributed by atoms with Gasteiger partial charge in [-0.3, -0.25) is 4.79 Å². The number of hydrogen-bond acceptors (Lipinski definition) is 1. The summed E-state index contributed by atoms with van der Waals surface area (Å²) >= 11 is 1.83. The molecule has 6 heavy (non-hydrogen) atoms. The molecule has 36 valence electrons. The van der Waals surface area contributed by atoms with Crippen LogP contribution in [-0.4, -0.2) is 15.0 Å². The number of carboxylic acids is 1. The predicted octanol–water partition coefficient (Wildman–Crippen LogP) is 0.895. The van der Waals surface area contributed by atoms with E-state index in [1.165, 1.54) is 0 Å². The number of hydrogen-bond donors (Lipinski definition) is 1. The fraction of sp³-hybridized carbons (Fsp3) is 0.667. The third kappa shape index (κ3) is 2.44. The average molecular weight is 200 g/mol. The summed E-state index contributed by atoms with van der Waals surface area (Å²) in [5, 5.41) is 7.98. The quantitative estimate of drug-likeness (QED) is 0.504. The van der Waals surface area contributed by atoms with E-state index in [2.05, 4.69) is 0 Å². The third-order valence-electron chi connectivity index (χ3n) is 0.340. The van der Waals surface area contributed by atoms with Crippen molar-refractivity contribution in [3.63, 3.8) is 0 Å². The Morgan fingerprint density at radius 1 is 2.00 bits per heavy atom. The van der Waals surface area contributed by atoms with Crippen LogP contribution >= 0.6 is 22.6 Å². The zero-order valence-electron chi connectivity index (χ0n) is 3.31. The van der Waals surface area contributed by atoms with Crippen molar-refractivity contribution < 1.29 is 9.90 Å². The van der Waals surface area contributed by atoms with Gasteiger partial charge in [0.2, 0.25) is 0 Å². The SMILES string of the molecule is C[C@@H](I)C(=O)O. The molecule has 1 N–H and O–H groups in total. The average Bonchev–Trinajstić information content (AvgIpc) is 1.36. The van der Waals surface area contributed by atoms with Crippen molar-refractivity contribution in [2.45, 2.75) is 10.8 Å². The number of alkyl halides is 1. The molecule has 0 radical (unpaired) electrons. The van der Waals surface area contributed by atoms with Crippen molar-refractivity contribution in [2.75, 3.05) is 0 Å². The molecule has 0 rings (SSSR count). The molecular formula is C3H5IO2. The minimum atomic E-state index is -0.754. The van der Waals surface area contributed by atoms with Gasteiger partial charge in [0, 0.05) is 0 Å². The molecule has 0 amide bonds. The lowest BCUT2D eigenvalue weighted by molar-refractivity contribution is -0.135. The van der Waals surface area contributed by atoms with Crippen molar-refractivity contribution in [1.29, 1.82) is 0 Å². The monoisotopic (exact) mass is 200 g/mol. The maximum absolute atomic E-state index is 9.69. The zero-order valence-corrected chi connectivity index (χ0v) is 5.47. The van der Waals surface area contributed by atoms with Crippen LogP contribution in [0, 0.1) is 0 Å². The molecule has 2 nitrogen and oxygen atoms in total. The van der Waals surface area contributed by atoms with Crippen LogP contribution in [0.1, 0.15) is 6.92 Å². The van der Waals surface area contributed by atoms with Crippen LogP contribution in [0.5, 0.6) is 0 Å². The number of rotatable bonds is 1. The smallest absolute Gasteiger partial charge is 0.316 e. The van der Waals surface area contributed by atoms with Crippen LogP contribution in [0.15, 0.2) is 0 Å². The molecule has 0 aromatic heterocycles. The molecule has 0 aliphatic heterocycles.